The Kier molecular flexibility index (Phi) is 2.41. The molecular formula is C11H11BrN4O. The minimum atomic E-state index is 0.0431. The number of rotatable bonds is 1. The summed E-state index contributed by atoms with van der Waals surface area (Å²) in [7, 11) is 0. The fourth-order valence-corrected chi connectivity index (χ4v) is 2.27. The van der Waals surface area contributed by atoms with Crippen molar-refractivity contribution in [1.29, 1.82) is 0 Å². The molecule has 3 rings (SSSR count). The third-order valence-corrected chi connectivity index (χ3v) is 3.50. The molecule has 0 saturated carbocycles. The Morgan fingerprint density at radius 2 is 2.41 bits per heavy atom. The molecule has 0 spiro atoms. The molecule has 0 fully saturated rings. The van der Waals surface area contributed by atoms with Gasteiger partial charge in [0.05, 0.1) is 29.8 Å². The van der Waals surface area contributed by atoms with Crippen LogP contribution in [0.25, 0.3) is 11.4 Å². The maximum Gasteiger partial charge on any atom is 0.140 e. The molecule has 1 unspecified atom stereocenters. The van der Waals surface area contributed by atoms with Crippen molar-refractivity contribution in [2.24, 2.45) is 0 Å². The number of anilines is 1. The normalized spacial score (nSPS) is 18.4. The summed E-state index contributed by atoms with van der Waals surface area (Å²) < 4.78 is 6.10. The third-order valence-electron chi connectivity index (χ3n) is 2.87. The summed E-state index contributed by atoms with van der Waals surface area (Å²) in [6.07, 6.45) is 1.74. The minimum Gasteiger partial charge on any atom is -0.396 e. The summed E-state index contributed by atoms with van der Waals surface area (Å²) in [6.45, 7) is 2.57. The molecule has 2 aromatic rings. The Balaban J connectivity index is 2.11. The molecule has 0 aromatic carbocycles. The average Bonchev–Trinajstić information content (AvgIpc) is 2.85. The Morgan fingerprint density at radius 1 is 1.59 bits per heavy atom. The van der Waals surface area contributed by atoms with Crippen LogP contribution in [0.1, 0.15) is 24.4 Å². The van der Waals surface area contributed by atoms with Crippen molar-refractivity contribution in [1.82, 2.24) is 15.0 Å². The number of nitrogens with zero attached hydrogens (tertiary/aromatic N) is 2. The standard InChI is InChI=1S/C11H11BrN4O/c1-5-9-7(4-17-5)15-11(16-9)6-2-3-14-10(12)8(6)13/h2-3,5H,4,13H2,1H3,(H,15,16). The number of imidazole rings is 1. The Labute approximate surface area is 107 Å². The monoisotopic (exact) mass is 294 g/mol. The zero-order valence-electron chi connectivity index (χ0n) is 9.20. The molecule has 0 radical (unpaired) electrons. The molecule has 0 aliphatic carbocycles. The minimum absolute atomic E-state index is 0.0431. The number of aromatic nitrogens is 3. The van der Waals surface area contributed by atoms with E-state index < -0.39 is 0 Å². The van der Waals surface area contributed by atoms with E-state index in [0.29, 0.717) is 16.9 Å². The molecule has 3 heterocycles. The smallest absolute Gasteiger partial charge is 0.140 e. The van der Waals surface area contributed by atoms with E-state index in [2.05, 4.69) is 30.9 Å². The number of hydrogen-bond acceptors (Lipinski definition) is 4. The first-order valence-corrected chi connectivity index (χ1v) is 6.07. The van der Waals surface area contributed by atoms with Crippen LogP contribution < -0.4 is 5.73 Å². The van der Waals surface area contributed by atoms with E-state index in [4.69, 9.17) is 10.5 Å². The molecule has 1 atom stereocenters. The van der Waals surface area contributed by atoms with Crippen LogP contribution in [0.15, 0.2) is 16.9 Å². The Bertz CT molecular complexity index is 581. The lowest BCUT2D eigenvalue weighted by Crippen LogP contribution is -1.96. The summed E-state index contributed by atoms with van der Waals surface area (Å²) in [5.41, 5.74) is 9.41. The number of nitrogens with two attached hydrogens (primary N) is 1. The van der Waals surface area contributed by atoms with Gasteiger partial charge in [-0.2, -0.15) is 0 Å². The van der Waals surface area contributed by atoms with Gasteiger partial charge in [0.2, 0.25) is 0 Å². The predicted octanol–water partition coefficient (Wildman–Crippen LogP) is 2.41. The molecule has 2 aromatic heterocycles. The van der Waals surface area contributed by atoms with Crippen molar-refractivity contribution >= 4 is 21.6 Å². The lowest BCUT2D eigenvalue weighted by atomic mass is 10.2. The van der Waals surface area contributed by atoms with Gasteiger partial charge in [0.15, 0.2) is 0 Å². The van der Waals surface area contributed by atoms with Gasteiger partial charge in [-0.15, -0.1) is 0 Å². The van der Waals surface area contributed by atoms with E-state index in [1.54, 1.807) is 6.20 Å². The lowest BCUT2D eigenvalue weighted by molar-refractivity contribution is 0.0762. The van der Waals surface area contributed by atoms with Gasteiger partial charge >= 0.3 is 0 Å². The lowest BCUT2D eigenvalue weighted by Gasteiger charge is -2.04. The second kappa shape index (κ2) is 3.82. The van der Waals surface area contributed by atoms with E-state index in [0.717, 1.165) is 22.8 Å². The van der Waals surface area contributed by atoms with Crippen molar-refractivity contribution in [3.05, 3.63) is 28.3 Å². The highest BCUT2D eigenvalue weighted by Crippen LogP contribution is 2.33. The highest BCUT2D eigenvalue weighted by atomic mass is 79.9. The summed E-state index contributed by atoms with van der Waals surface area (Å²) in [5, 5.41) is 0. The third kappa shape index (κ3) is 1.64. The zero-order chi connectivity index (χ0) is 12.0. The molecule has 1 aliphatic rings. The molecule has 88 valence electrons. The topological polar surface area (TPSA) is 76.8 Å². The second-order valence-corrected chi connectivity index (χ2v) is 4.72. The van der Waals surface area contributed by atoms with Crippen LogP contribution in [0.2, 0.25) is 0 Å². The van der Waals surface area contributed by atoms with E-state index in [9.17, 15) is 0 Å². The number of nitrogens with one attached hydrogen (secondary N) is 1. The van der Waals surface area contributed by atoms with Crippen LogP contribution in [-0.2, 0) is 11.3 Å². The average molecular weight is 295 g/mol. The van der Waals surface area contributed by atoms with Gasteiger partial charge in [-0.1, -0.05) is 0 Å². The van der Waals surface area contributed by atoms with Crippen LogP contribution >= 0.6 is 15.9 Å². The number of fused-ring (bicyclic) bond motifs is 1. The quantitative estimate of drug-likeness (QED) is 0.792. The number of aromatic amines is 1. The molecule has 17 heavy (non-hydrogen) atoms. The molecule has 0 bridgehead atoms. The van der Waals surface area contributed by atoms with Crippen molar-refractivity contribution in [3.63, 3.8) is 0 Å². The van der Waals surface area contributed by atoms with E-state index in [1.807, 2.05) is 13.0 Å². The van der Waals surface area contributed by atoms with Crippen molar-refractivity contribution in [2.45, 2.75) is 19.6 Å². The molecule has 0 amide bonds. The number of hydrogen-bond donors (Lipinski definition) is 2. The van der Waals surface area contributed by atoms with Gasteiger partial charge in [-0.05, 0) is 28.9 Å². The van der Waals surface area contributed by atoms with Gasteiger partial charge in [-0.3, -0.25) is 0 Å². The van der Waals surface area contributed by atoms with Gasteiger partial charge in [0.25, 0.3) is 0 Å². The predicted molar refractivity (Wildman–Crippen MR) is 67.1 cm³/mol. The summed E-state index contributed by atoms with van der Waals surface area (Å²) in [6, 6.07) is 1.85. The van der Waals surface area contributed by atoms with Crippen LogP contribution in [0.5, 0.6) is 0 Å². The van der Waals surface area contributed by atoms with Gasteiger partial charge < -0.3 is 15.5 Å². The summed E-state index contributed by atoms with van der Waals surface area (Å²) in [5.74, 6) is 0.769. The van der Waals surface area contributed by atoms with Gasteiger partial charge in [0.1, 0.15) is 10.4 Å². The molecule has 5 nitrogen and oxygen atoms in total. The largest absolute Gasteiger partial charge is 0.396 e. The zero-order valence-corrected chi connectivity index (χ0v) is 10.8. The van der Waals surface area contributed by atoms with E-state index in [-0.39, 0.29) is 6.10 Å². The molecule has 3 N–H and O–H groups in total. The van der Waals surface area contributed by atoms with Gasteiger partial charge in [0, 0.05) is 11.8 Å². The van der Waals surface area contributed by atoms with Crippen LogP contribution in [0.3, 0.4) is 0 Å². The Hall–Kier alpha value is -1.40. The maximum absolute atomic E-state index is 5.97. The molecule has 0 saturated heterocycles. The number of nitrogen functional groups attached to an aromatic ring is 1. The molecule has 6 heteroatoms. The van der Waals surface area contributed by atoms with Crippen molar-refractivity contribution in [2.75, 3.05) is 5.73 Å². The fourth-order valence-electron chi connectivity index (χ4n) is 1.94. The van der Waals surface area contributed by atoms with Crippen molar-refractivity contribution < 1.29 is 4.74 Å². The first-order valence-electron chi connectivity index (χ1n) is 5.27. The van der Waals surface area contributed by atoms with Crippen LogP contribution in [0.4, 0.5) is 5.69 Å². The van der Waals surface area contributed by atoms with E-state index in [1.165, 1.54) is 0 Å². The molecular weight excluding hydrogens is 284 g/mol. The first-order chi connectivity index (χ1) is 8.16. The molecule has 1 aliphatic heterocycles. The SMILES string of the molecule is CC1OCc2[nH]c(-c3ccnc(Br)c3N)nc21. The number of pyridine rings is 1. The number of ether oxygens (including phenoxy) is 1. The summed E-state index contributed by atoms with van der Waals surface area (Å²) >= 11 is 3.31. The van der Waals surface area contributed by atoms with Crippen molar-refractivity contribution in [3.8, 4) is 11.4 Å². The van der Waals surface area contributed by atoms with Gasteiger partial charge in [-0.25, -0.2) is 9.97 Å². The van der Waals surface area contributed by atoms with Crippen LogP contribution in [0, 0.1) is 0 Å². The second-order valence-electron chi connectivity index (χ2n) is 3.97. The first kappa shape index (κ1) is 10.7. The Morgan fingerprint density at radius 3 is 3.18 bits per heavy atom. The van der Waals surface area contributed by atoms with E-state index >= 15 is 0 Å². The fraction of sp³-hybridized carbons (Fsp3) is 0.273. The highest BCUT2D eigenvalue weighted by molar-refractivity contribution is 9.10. The number of H-pyrrole nitrogens is 1. The van der Waals surface area contributed by atoms with Crippen LogP contribution in [-0.4, -0.2) is 15.0 Å². The number of halogens is 1. The highest BCUT2D eigenvalue weighted by Gasteiger charge is 2.24. The maximum atomic E-state index is 5.97. The summed E-state index contributed by atoms with van der Waals surface area (Å²) in [4.78, 5) is 11.8.